The highest BCUT2D eigenvalue weighted by Crippen LogP contribution is 2.21. The van der Waals surface area contributed by atoms with Crippen molar-refractivity contribution in [3.8, 4) is 11.5 Å². The van der Waals surface area contributed by atoms with Crippen LogP contribution < -0.4 is 0 Å². The zero-order valence-corrected chi connectivity index (χ0v) is 9.42. The summed E-state index contributed by atoms with van der Waals surface area (Å²) in [5, 5.41) is 52.3. The second-order valence-electron chi connectivity index (χ2n) is 3.72. The number of phenolic OH excluding ortho intramolecular Hbond substituents is 2. The van der Waals surface area contributed by atoms with Crippen molar-refractivity contribution < 1.29 is 35.4 Å². The lowest BCUT2D eigenvalue weighted by molar-refractivity contribution is -0.132. The monoisotopic (exact) mass is 260 g/mol. The van der Waals surface area contributed by atoms with Crippen LogP contribution in [0.2, 0.25) is 0 Å². The molecule has 102 valence electrons. The molecule has 1 heterocycles. The Morgan fingerprint density at radius 3 is 1.67 bits per heavy atom. The Labute approximate surface area is 103 Å². The molecule has 4 atom stereocenters. The van der Waals surface area contributed by atoms with Gasteiger partial charge in [-0.05, 0) is 12.1 Å². The first-order chi connectivity index (χ1) is 8.47. The number of benzene rings is 1. The van der Waals surface area contributed by atoms with Gasteiger partial charge in [-0.25, -0.2) is 0 Å². The second kappa shape index (κ2) is 6.53. The van der Waals surface area contributed by atoms with Crippen molar-refractivity contribution in [1.82, 2.24) is 0 Å². The summed E-state index contributed by atoms with van der Waals surface area (Å²) in [4.78, 5) is 0. The molecule has 1 aromatic carbocycles. The fraction of sp³-hybridized carbons (Fsp3) is 0.455. The number of aromatic hydroxyl groups is 2. The third-order valence-electron chi connectivity index (χ3n) is 2.40. The van der Waals surface area contributed by atoms with E-state index in [2.05, 4.69) is 4.74 Å². The van der Waals surface area contributed by atoms with Crippen molar-refractivity contribution in [1.29, 1.82) is 0 Å². The van der Waals surface area contributed by atoms with E-state index in [1.54, 1.807) is 12.1 Å². The number of hydrogen-bond acceptors (Lipinski definition) is 7. The predicted octanol–water partition coefficient (Wildman–Crippen LogP) is -1.48. The molecular formula is C11H16O7. The van der Waals surface area contributed by atoms with Crippen LogP contribution in [0.1, 0.15) is 0 Å². The third-order valence-corrected chi connectivity index (χ3v) is 2.40. The van der Waals surface area contributed by atoms with E-state index in [0.717, 1.165) is 0 Å². The van der Waals surface area contributed by atoms with Crippen LogP contribution in [0.5, 0.6) is 11.5 Å². The van der Waals surface area contributed by atoms with Gasteiger partial charge < -0.3 is 35.4 Å². The minimum Gasteiger partial charge on any atom is -0.504 e. The van der Waals surface area contributed by atoms with Gasteiger partial charge >= 0.3 is 0 Å². The van der Waals surface area contributed by atoms with E-state index in [1.165, 1.54) is 12.1 Å². The molecule has 0 unspecified atom stereocenters. The Balaban J connectivity index is 0.000000184. The lowest BCUT2D eigenvalue weighted by Gasteiger charge is -2.09. The van der Waals surface area contributed by atoms with Crippen molar-refractivity contribution in [3.05, 3.63) is 24.3 Å². The molecule has 1 aliphatic heterocycles. The summed E-state index contributed by atoms with van der Waals surface area (Å²) in [6, 6.07) is 6.15. The molecule has 18 heavy (non-hydrogen) atoms. The molecule has 0 spiro atoms. The number of aliphatic hydroxyl groups is 4. The summed E-state index contributed by atoms with van der Waals surface area (Å²) < 4.78 is 4.54. The fourth-order valence-corrected chi connectivity index (χ4v) is 1.34. The molecule has 2 rings (SSSR count). The lowest BCUT2D eigenvalue weighted by atomic mass is 10.1. The van der Waals surface area contributed by atoms with Gasteiger partial charge in [-0.15, -0.1) is 0 Å². The molecule has 0 radical (unpaired) electrons. The van der Waals surface area contributed by atoms with Crippen LogP contribution in [0, 0.1) is 0 Å². The molecule has 1 fully saturated rings. The van der Waals surface area contributed by atoms with Crippen LogP contribution in [0.3, 0.4) is 0 Å². The Kier molecular flexibility index (Phi) is 5.32. The summed E-state index contributed by atoms with van der Waals surface area (Å²) in [6.07, 6.45) is -4.76. The van der Waals surface area contributed by atoms with E-state index in [9.17, 15) is 0 Å². The molecule has 1 aliphatic rings. The maximum Gasteiger partial charge on any atom is 0.184 e. The molecule has 7 nitrogen and oxygen atoms in total. The zero-order chi connectivity index (χ0) is 13.7. The highest BCUT2D eigenvalue weighted by molar-refractivity contribution is 5.36. The van der Waals surface area contributed by atoms with Gasteiger partial charge in [0.2, 0.25) is 0 Å². The molecule has 0 amide bonds. The highest BCUT2D eigenvalue weighted by Gasteiger charge is 2.41. The van der Waals surface area contributed by atoms with E-state index >= 15 is 0 Å². The van der Waals surface area contributed by atoms with Crippen LogP contribution in [0.4, 0.5) is 0 Å². The normalized spacial score (nSPS) is 30.7. The maximum absolute atomic E-state index is 8.93. The van der Waals surface area contributed by atoms with Crippen molar-refractivity contribution in [2.24, 2.45) is 0 Å². The first-order valence-corrected chi connectivity index (χ1v) is 5.25. The molecule has 6 N–H and O–H groups in total. The van der Waals surface area contributed by atoms with Crippen LogP contribution in [0.25, 0.3) is 0 Å². The summed E-state index contributed by atoms with van der Waals surface area (Å²) in [5.74, 6) is -0.153. The van der Waals surface area contributed by atoms with Crippen molar-refractivity contribution in [2.75, 3.05) is 6.61 Å². The summed E-state index contributed by atoms with van der Waals surface area (Å²) >= 11 is 0. The van der Waals surface area contributed by atoms with Gasteiger partial charge in [-0.1, -0.05) is 12.1 Å². The average molecular weight is 260 g/mol. The zero-order valence-electron chi connectivity index (χ0n) is 9.42. The van der Waals surface area contributed by atoms with Gasteiger partial charge in [0.15, 0.2) is 17.8 Å². The van der Waals surface area contributed by atoms with E-state index in [-0.39, 0.29) is 11.5 Å². The van der Waals surface area contributed by atoms with Gasteiger partial charge in [-0.3, -0.25) is 0 Å². The predicted molar refractivity (Wildman–Crippen MR) is 59.8 cm³/mol. The van der Waals surface area contributed by atoms with Crippen molar-refractivity contribution >= 4 is 0 Å². The van der Waals surface area contributed by atoms with Crippen LogP contribution >= 0.6 is 0 Å². The Hall–Kier alpha value is -1.38. The Morgan fingerprint density at radius 1 is 0.944 bits per heavy atom. The summed E-state index contributed by atoms with van der Waals surface area (Å²) in [6.45, 7) is -0.407. The van der Waals surface area contributed by atoms with Gasteiger partial charge in [0.25, 0.3) is 0 Å². The summed E-state index contributed by atoms with van der Waals surface area (Å²) in [7, 11) is 0. The van der Waals surface area contributed by atoms with Crippen molar-refractivity contribution in [2.45, 2.75) is 24.6 Å². The standard InChI is InChI=1S/C6H6O2.C5H10O5/c7-5-3-1-2-4-6(5)8;6-1-2-3(7)4(8)5(9)10-2/h1-4,7-8H;2-9H,1H2/t;2-,3-,4-,5-/m.1/s1. The van der Waals surface area contributed by atoms with E-state index in [0.29, 0.717) is 0 Å². The van der Waals surface area contributed by atoms with Crippen molar-refractivity contribution in [3.63, 3.8) is 0 Å². The summed E-state index contributed by atoms with van der Waals surface area (Å²) in [5.41, 5.74) is 0. The first kappa shape index (κ1) is 14.7. The number of phenols is 2. The number of rotatable bonds is 1. The van der Waals surface area contributed by atoms with E-state index in [1.807, 2.05) is 0 Å². The number of aliphatic hydroxyl groups excluding tert-OH is 4. The van der Waals surface area contributed by atoms with Crippen LogP contribution in [-0.4, -0.2) is 61.8 Å². The Bertz CT molecular complexity index is 349. The lowest BCUT2D eigenvalue weighted by Crippen LogP contribution is -2.33. The van der Waals surface area contributed by atoms with Gasteiger partial charge in [0.05, 0.1) is 6.61 Å². The average Bonchev–Trinajstić information content (AvgIpc) is 2.61. The third kappa shape index (κ3) is 3.56. The molecule has 1 saturated heterocycles. The highest BCUT2D eigenvalue weighted by atomic mass is 16.6. The molecule has 0 saturated carbocycles. The fourth-order valence-electron chi connectivity index (χ4n) is 1.34. The van der Waals surface area contributed by atoms with Gasteiger partial charge in [0, 0.05) is 0 Å². The number of hydrogen-bond donors (Lipinski definition) is 6. The number of para-hydroxylation sites is 2. The van der Waals surface area contributed by atoms with E-state index < -0.39 is 31.2 Å². The smallest absolute Gasteiger partial charge is 0.184 e. The van der Waals surface area contributed by atoms with Gasteiger partial charge in [-0.2, -0.15) is 0 Å². The van der Waals surface area contributed by atoms with E-state index in [4.69, 9.17) is 30.6 Å². The van der Waals surface area contributed by atoms with Gasteiger partial charge in [0.1, 0.15) is 18.3 Å². The minimum atomic E-state index is -1.38. The Morgan fingerprint density at radius 2 is 1.44 bits per heavy atom. The molecule has 1 aromatic rings. The van der Waals surface area contributed by atoms with Crippen LogP contribution in [-0.2, 0) is 4.74 Å². The molecule has 7 heteroatoms. The SMILES string of the molecule is OC[C@H]1O[C@@H](O)[C@H](O)[C@@H]1O.Oc1ccccc1O. The maximum atomic E-state index is 8.93. The molecular weight excluding hydrogens is 244 g/mol. The first-order valence-electron chi connectivity index (χ1n) is 5.25. The van der Waals surface area contributed by atoms with Crippen LogP contribution in [0.15, 0.2) is 24.3 Å². The minimum absolute atomic E-state index is 0.0764. The number of ether oxygens (including phenoxy) is 1. The largest absolute Gasteiger partial charge is 0.504 e. The molecule has 0 aromatic heterocycles. The quantitative estimate of drug-likeness (QED) is 0.339. The molecule has 0 aliphatic carbocycles. The second-order valence-corrected chi connectivity index (χ2v) is 3.72. The molecule has 0 bridgehead atoms. The topological polar surface area (TPSA) is 131 Å².